The summed E-state index contributed by atoms with van der Waals surface area (Å²) in [6, 6.07) is 0. The van der Waals surface area contributed by atoms with Crippen molar-refractivity contribution in [2.24, 2.45) is 5.73 Å². The second-order valence-corrected chi connectivity index (χ2v) is 5.52. The second kappa shape index (κ2) is 7.99. The highest BCUT2D eigenvalue weighted by Crippen LogP contribution is 2.06. The Kier molecular flexibility index (Phi) is 7.88. The minimum atomic E-state index is -0.240. The summed E-state index contributed by atoms with van der Waals surface area (Å²) >= 11 is 1.84. The molecule has 0 aromatic carbocycles. The van der Waals surface area contributed by atoms with E-state index < -0.39 is 0 Å². The summed E-state index contributed by atoms with van der Waals surface area (Å²) in [6.45, 7) is 4.68. The van der Waals surface area contributed by atoms with Gasteiger partial charge in [0.25, 0.3) is 0 Å². The number of amides is 1. The van der Waals surface area contributed by atoms with Gasteiger partial charge in [-0.25, -0.2) is 0 Å². The number of carbonyl (C=O) groups excluding carboxylic acids is 1. The monoisotopic (exact) mass is 232 g/mol. The number of thioether (sulfide) groups is 1. The molecule has 1 amide bonds. The average molecular weight is 232 g/mol. The number of unbranched alkanes of at least 4 members (excludes halogenated alkanes) is 1. The molecule has 0 aromatic heterocycles. The molecule has 3 nitrogen and oxygen atoms in total. The fraction of sp³-hybridized carbons (Fsp3) is 0.909. The molecule has 15 heavy (non-hydrogen) atoms. The van der Waals surface area contributed by atoms with Gasteiger partial charge in [-0.05, 0) is 45.1 Å². The Bertz CT molecular complexity index is 178. The molecule has 90 valence electrons. The van der Waals surface area contributed by atoms with Crippen molar-refractivity contribution < 1.29 is 4.79 Å². The van der Waals surface area contributed by atoms with Crippen molar-refractivity contribution >= 4 is 17.7 Å². The summed E-state index contributed by atoms with van der Waals surface area (Å²) in [6.07, 6.45) is 5.61. The van der Waals surface area contributed by atoms with Crippen molar-refractivity contribution in [2.75, 3.05) is 18.6 Å². The van der Waals surface area contributed by atoms with Gasteiger partial charge in [0.05, 0.1) is 0 Å². The van der Waals surface area contributed by atoms with Crippen molar-refractivity contribution in [2.45, 2.75) is 45.1 Å². The smallest absolute Gasteiger partial charge is 0.220 e. The van der Waals surface area contributed by atoms with Crippen LogP contribution in [0.15, 0.2) is 0 Å². The summed E-state index contributed by atoms with van der Waals surface area (Å²) in [7, 11) is 0. The van der Waals surface area contributed by atoms with Crippen LogP contribution in [0.1, 0.15) is 39.5 Å². The van der Waals surface area contributed by atoms with Crippen LogP contribution in [0.2, 0.25) is 0 Å². The summed E-state index contributed by atoms with van der Waals surface area (Å²) in [5.74, 6) is 1.30. The highest BCUT2D eigenvalue weighted by atomic mass is 32.2. The molecule has 0 unspecified atom stereocenters. The zero-order valence-electron chi connectivity index (χ0n) is 10.1. The van der Waals surface area contributed by atoms with Crippen LogP contribution in [0.3, 0.4) is 0 Å². The molecule has 0 fully saturated rings. The number of nitrogens with two attached hydrogens (primary N) is 1. The van der Waals surface area contributed by atoms with Gasteiger partial charge in [0.15, 0.2) is 0 Å². The Morgan fingerprint density at radius 1 is 1.40 bits per heavy atom. The Morgan fingerprint density at radius 2 is 2.07 bits per heavy atom. The normalized spacial score (nSPS) is 11.5. The maximum atomic E-state index is 11.4. The maximum Gasteiger partial charge on any atom is 0.220 e. The molecule has 0 spiro atoms. The molecule has 0 saturated heterocycles. The lowest BCUT2D eigenvalue weighted by Crippen LogP contribution is -2.34. The van der Waals surface area contributed by atoms with Gasteiger partial charge in [-0.2, -0.15) is 11.8 Å². The van der Waals surface area contributed by atoms with Gasteiger partial charge in [-0.3, -0.25) is 4.79 Å². The molecule has 0 aliphatic rings. The lowest BCUT2D eigenvalue weighted by atomic mass is 10.00. The zero-order valence-corrected chi connectivity index (χ0v) is 11.0. The van der Waals surface area contributed by atoms with Gasteiger partial charge >= 0.3 is 0 Å². The van der Waals surface area contributed by atoms with E-state index in [-0.39, 0.29) is 11.4 Å². The first-order chi connectivity index (χ1) is 6.95. The molecular formula is C11H24N2OS. The van der Waals surface area contributed by atoms with Crippen LogP contribution < -0.4 is 11.1 Å². The van der Waals surface area contributed by atoms with Crippen LogP contribution in [-0.4, -0.2) is 30.0 Å². The Hall–Kier alpha value is -0.220. The minimum absolute atomic E-state index is 0.123. The van der Waals surface area contributed by atoms with Crippen LogP contribution in [-0.2, 0) is 4.79 Å². The molecule has 0 radical (unpaired) electrons. The van der Waals surface area contributed by atoms with E-state index in [1.165, 1.54) is 12.2 Å². The van der Waals surface area contributed by atoms with Gasteiger partial charge in [0.2, 0.25) is 5.91 Å². The van der Waals surface area contributed by atoms with Crippen molar-refractivity contribution in [1.82, 2.24) is 5.32 Å². The second-order valence-electron chi connectivity index (χ2n) is 4.54. The zero-order chi connectivity index (χ0) is 11.7. The fourth-order valence-electron chi connectivity index (χ4n) is 1.12. The Labute approximate surface area is 97.6 Å². The van der Waals surface area contributed by atoms with Crippen LogP contribution in [0.5, 0.6) is 0 Å². The number of hydrogen-bond acceptors (Lipinski definition) is 3. The standard InChI is InChI=1S/C11H24N2OS/c1-11(2,12)7-6-10(14)13-8-4-5-9-15-3/h4-9,12H2,1-3H3,(H,13,14). The molecule has 0 atom stereocenters. The van der Waals surface area contributed by atoms with Crippen LogP contribution >= 0.6 is 11.8 Å². The van der Waals surface area contributed by atoms with Gasteiger partial charge in [0, 0.05) is 18.5 Å². The fourth-order valence-corrected chi connectivity index (χ4v) is 1.62. The number of carbonyl (C=O) groups is 1. The molecule has 4 heteroatoms. The highest BCUT2D eigenvalue weighted by molar-refractivity contribution is 7.98. The molecule has 0 rings (SSSR count). The van der Waals surface area contributed by atoms with Gasteiger partial charge in [-0.1, -0.05) is 0 Å². The Morgan fingerprint density at radius 3 is 2.60 bits per heavy atom. The summed E-state index contributed by atoms with van der Waals surface area (Å²) < 4.78 is 0. The van der Waals surface area contributed by atoms with Crippen LogP contribution in [0.25, 0.3) is 0 Å². The van der Waals surface area contributed by atoms with E-state index >= 15 is 0 Å². The van der Waals surface area contributed by atoms with E-state index in [0.717, 1.165) is 19.4 Å². The SMILES string of the molecule is CSCCCCNC(=O)CCC(C)(C)N. The number of rotatable bonds is 8. The lowest BCUT2D eigenvalue weighted by Gasteiger charge is -2.17. The molecule has 0 aromatic rings. The van der Waals surface area contributed by atoms with Crippen molar-refractivity contribution in [3.8, 4) is 0 Å². The summed E-state index contributed by atoms with van der Waals surface area (Å²) in [4.78, 5) is 11.4. The molecular weight excluding hydrogens is 208 g/mol. The van der Waals surface area contributed by atoms with E-state index in [1.807, 2.05) is 25.6 Å². The van der Waals surface area contributed by atoms with Crippen molar-refractivity contribution in [1.29, 1.82) is 0 Å². The number of nitrogens with one attached hydrogen (secondary N) is 1. The predicted octanol–water partition coefficient (Wildman–Crippen LogP) is 1.76. The third-order valence-corrected chi connectivity index (χ3v) is 2.79. The Balaban J connectivity index is 3.34. The van der Waals surface area contributed by atoms with Crippen molar-refractivity contribution in [3.63, 3.8) is 0 Å². The van der Waals surface area contributed by atoms with Crippen LogP contribution in [0.4, 0.5) is 0 Å². The van der Waals surface area contributed by atoms with Crippen molar-refractivity contribution in [3.05, 3.63) is 0 Å². The predicted molar refractivity (Wildman–Crippen MR) is 68.1 cm³/mol. The molecule has 0 aliphatic carbocycles. The van der Waals surface area contributed by atoms with E-state index in [1.54, 1.807) is 0 Å². The average Bonchev–Trinajstić information content (AvgIpc) is 2.13. The lowest BCUT2D eigenvalue weighted by molar-refractivity contribution is -0.121. The quantitative estimate of drug-likeness (QED) is 0.627. The van der Waals surface area contributed by atoms with Gasteiger partial charge in [-0.15, -0.1) is 0 Å². The van der Waals surface area contributed by atoms with E-state index in [4.69, 9.17) is 5.73 Å². The first kappa shape index (κ1) is 14.8. The third kappa shape index (κ3) is 11.7. The molecule has 0 heterocycles. The van der Waals surface area contributed by atoms with Crippen LogP contribution in [0, 0.1) is 0 Å². The summed E-state index contributed by atoms with van der Waals surface area (Å²) in [5, 5.41) is 2.91. The van der Waals surface area contributed by atoms with E-state index in [2.05, 4.69) is 11.6 Å². The first-order valence-electron chi connectivity index (χ1n) is 5.50. The van der Waals surface area contributed by atoms with E-state index in [9.17, 15) is 4.79 Å². The van der Waals surface area contributed by atoms with Gasteiger partial charge < -0.3 is 11.1 Å². The van der Waals surface area contributed by atoms with Gasteiger partial charge in [0.1, 0.15) is 0 Å². The largest absolute Gasteiger partial charge is 0.356 e. The molecule has 0 aliphatic heterocycles. The third-order valence-electron chi connectivity index (χ3n) is 2.09. The molecule has 3 N–H and O–H groups in total. The molecule has 0 bridgehead atoms. The minimum Gasteiger partial charge on any atom is -0.356 e. The molecule has 0 saturated carbocycles. The maximum absolute atomic E-state index is 11.4. The topological polar surface area (TPSA) is 55.1 Å². The highest BCUT2D eigenvalue weighted by Gasteiger charge is 2.12. The number of hydrogen-bond donors (Lipinski definition) is 2. The first-order valence-corrected chi connectivity index (χ1v) is 6.89. The summed E-state index contributed by atoms with van der Waals surface area (Å²) in [5.41, 5.74) is 5.56. The van der Waals surface area contributed by atoms with E-state index in [0.29, 0.717) is 6.42 Å².